The topological polar surface area (TPSA) is 106 Å². The van der Waals surface area contributed by atoms with Crippen LogP contribution in [0.5, 0.6) is 0 Å². The van der Waals surface area contributed by atoms with Crippen LogP contribution in [-0.2, 0) is 11.2 Å². The molecule has 22 heavy (non-hydrogen) atoms. The molecule has 0 aliphatic rings. The van der Waals surface area contributed by atoms with Crippen LogP contribution in [0.2, 0.25) is 0 Å². The average molecular weight is 301 g/mol. The fourth-order valence-electron chi connectivity index (χ4n) is 1.96. The van der Waals surface area contributed by atoms with Crippen molar-refractivity contribution in [3.63, 3.8) is 0 Å². The van der Waals surface area contributed by atoms with Crippen LogP contribution in [0.1, 0.15) is 24.9 Å². The lowest BCUT2D eigenvalue weighted by atomic mass is 10.0. The Hall–Kier alpha value is -2.48. The largest absolute Gasteiger partial charge is 0.321 e. The standard InChI is InChI=1S/C14H19N7O/c1-4-13(22)12(15-3)8-11-7-10(5-6-16-11)17-14-20-18-9(2)19-21-14/h5-7,12,15H,4,8H2,1-3H3,(H,16,17,20,21)/t12-/m0/s1. The Kier molecular flexibility index (Phi) is 5.42. The number of carbonyl (C=O) groups is 1. The highest BCUT2D eigenvalue weighted by Crippen LogP contribution is 2.13. The molecule has 116 valence electrons. The SMILES string of the molecule is CCC(=O)[C@H](Cc1cc(Nc2nnc(C)nn2)ccn1)NC. The molecular weight excluding hydrogens is 282 g/mol. The first-order valence-corrected chi connectivity index (χ1v) is 7.08. The van der Waals surface area contributed by atoms with Gasteiger partial charge in [-0.25, -0.2) is 0 Å². The number of nitrogens with zero attached hydrogens (tertiary/aromatic N) is 5. The van der Waals surface area contributed by atoms with Crippen LogP contribution in [-0.4, -0.2) is 44.3 Å². The summed E-state index contributed by atoms with van der Waals surface area (Å²) in [6.45, 7) is 3.57. The number of anilines is 2. The number of carbonyl (C=O) groups excluding carboxylic acids is 1. The Morgan fingerprint density at radius 1 is 1.27 bits per heavy atom. The first-order valence-electron chi connectivity index (χ1n) is 7.08. The van der Waals surface area contributed by atoms with Crippen LogP contribution in [0, 0.1) is 6.92 Å². The average Bonchev–Trinajstić information content (AvgIpc) is 2.54. The molecule has 0 unspecified atom stereocenters. The third kappa shape index (κ3) is 4.26. The third-order valence-electron chi connectivity index (χ3n) is 3.15. The summed E-state index contributed by atoms with van der Waals surface area (Å²) in [5.74, 6) is 0.992. The zero-order chi connectivity index (χ0) is 15.9. The van der Waals surface area contributed by atoms with Gasteiger partial charge in [-0.2, -0.15) is 0 Å². The van der Waals surface area contributed by atoms with Gasteiger partial charge in [-0.05, 0) is 26.1 Å². The molecule has 0 spiro atoms. The predicted octanol–water partition coefficient (Wildman–Crippen LogP) is 0.823. The minimum absolute atomic E-state index is 0.165. The molecule has 0 aliphatic heterocycles. The van der Waals surface area contributed by atoms with Crippen LogP contribution < -0.4 is 10.6 Å². The number of aryl methyl sites for hydroxylation is 1. The molecule has 0 fully saturated rings. The van der Waals surface area contributed by atoms with E-state index in [0.29, 0.717) is 24.6 Å². The van der Waals surface area contributed by atoms with Gasteiger partial charge in [0.25, 0.3) is 5.95 Å². The van der Waals surface area contributed by atoms with E-state index in [2.05, 4.69) is 36.0 Å². The minimum Gasteiger partial charge on any atom is -0.321 e. The highest BCUT2D eigenvalue weighted by molar-refractivity contribution is 5.83. The van der Waals surface area contributed by atoms with Gasteiger partial charge in [0.2, 0.25) is 0 Å². The molecule has 0 amide bonds. The Morgan fingerprint density at radius 2 is 2.00 bits per heavy atom. The van der Waals surface area contributed by atoms with E-state index in [-0.39, 0.29) is 11.8 Å². The van der Waals surface area contributed by atoms with Gasteiger partial charge < -0.3 is 10.6 Å². The van der Waals surface area contributed by atoms with Gasteiger partial charge >= 0.3 is 0 Å². The Bertz CT molecular complexity index is 629. The first-order chi connectivity index (χ1) is 10.6. The summed E-state index contributed by atoms with van der Waals surface area (Å²) in [5, 5.41) is 21.5. The van der Waals surface area contributed by atoms with Gasteiger partial charge in [0.15, 0.2) is 5.82 Å². The molecule has 0 radical (unpaired) electrons. The second-order valence-electron chi connectivity index (χ2n) is 4.80. The molecule has 0 saturated carbocycles. The summed E-state index contributed by atoms with van der Waals surface area (Å²) in [6.07, 6.45) is 2.71. The van der Waals surface area contributed by atoms with Gasteiger partial charge in [0.05, 0.1) is 6.04 Å². The van der Waals surface area contributed by atoms with E-state index in [4.69, 9.17) is 0 Å². The maximum Gasteiger partial charge on any atom is 0.266 e. The van der Waals surface area contributed by atoms with Gasteiger partial charge in [0, 0.05) is 30.4 Å². The molecule has 8 nitrogen and oxygen atoms in total. The van der Waals surface area contributed by atoms with Crippen molar-refractivity contribution in [3.8, 4) is 0 Å². The van der Waals surface area contributed by atoms with Crippen molar-refractivity contribution < 1.29 is 4.79 Å². The molecular formula is C14H19N7O. The monoisotopic (exact) mass is 301 g/mol. The fourth-order valence-corrected chi connectivity index (χ4v) is 1.96. The molecule has 2 aromatic heterocycles. The van der Waals surface area contributed by atoms with Crippen molar-refractivity contribution in [1.82, 2.24) is 30.7 Å². The van der Waals surface area contributed by atoms with Crippen LogP contribution in [0.15, 0.2) is 18.3 Å². The molecule has 0 aliphatic carbocycles. The lowest BCUT2D eigenvalue weighted by Crippen LogP contribution is -2.35. The molecule has 2 N–H and O–H groups in total. The van der Waals surface area contributed by atoms with Crippen molar-refractivity contribution >= 4 is 17.4 Å². The molecule has 2 rings (SSSR count). The van der Waals surface area contributed by atoms with Crippen LogP contribution >= 0.6 is 0 Å². The molecule has 0 bridgehead atoms. The summed E-state index contributed by atoms with van der Waals surface area (Å²) in [7, 11) is 1.78. The molecule has 2 aromatic rings. The molecule has 0 saturated heterocycles. The van der Waals surface area contributed by atoms with E-state index in [1.807, 2.05) is 13.0 Å². The van der Waals surface area contributed by atoms with Crippen molar-refractivity contribution in [2.75, 3.05) is 12.4 Å². The second kappa shape index (κ2) is 7.51. The summed E-state index contributed by atoms with van der Waals surface area (Å²) >= 11 is 0. The predicted molar refractivity (Wildman–Crippen MR) is 81.7 cm³/mol. The highest BCUT2D eigenvalue weighted by Gasteiger charge is 2.15. The minimum atomic E-state index is -0.230. The number of rotatable bonds is 7. The summed E-state index contributed by atoms with van der Waals surface area (Å²) < 4.78 is 0. The van der Waals surface area contributed by atoms with E-state index in [0.717, 1.165) is 11.4 Å². The lowest BCUT2D eigenvalue weighted by Gasteiger charge is -2.14. The van der Waals surface area contributed by atoms with Gasteiger partial charge in [-0.1, -0.05) is 6.92 Å². The number of hydrogen-bond donors (Lipinski definition) is 2. The Labute approximate surface area is 128 Å². The molecule has 1 atom stereocenters. The molecule has 2 heterocycles. The Balaban J connectivity index is 2.09. The Morgan fingerprint density at radius 3 is 2.64 bits per heavy atom. The van der Waals surface area contributed by atoms with Crippen LogP contribution in [0.4, 0.5) is 11.6 Å². The number of hydrogen-bond acceptors (Lipinski definition) is 8. The number of ketones is 1. The van der Waals surface area contributed by atoms with E-state index < -0.39 is 0 Å². The maximum absolute atomic E-state index is 11.8. The quantitative estimate of drug-likeness (QED) is 0.774. The summed E-state index contributed by atoms with van der Waals surface area (Å²) in [6, 6.07) is 3.42. The number of likely N-dealkylation sites (N-methyl/N-ethyl adjacent to an activating group) is 1. The number of aromatic nitrogens is 5. The molecule has 8 heteroatoms. The van der Waals surface area contributed by atoms with Gasteiger partial charge in [-0.15, -0.1) is 20.4 Å². The number of Topliss-reactive ketones (excluding diaryl/α,β-unsaturated/α-hetero) is 1. The lowest BCUT2D eigenvalue weighted by molar-refractivity contribution is -0.120. The zero-order valence-electron chi connectivity index (χ0n) is 12.9. The number of nitrogens with one attached hydrogen (secondary N) is 2. The number of pyridine rings is 1. The van der Waals surface area contributed by atoms with Crippen molar-refractivity contribution in [3.05, 3.63) is 29.8 Å². The van der Waals surface area contributed by atoms with Crippen LogP contribution in [0.25, 0.3) is 0 Å². The smallest absolute Gasteiger partial charge is 0.266 e. The summed E-state index contributed by atoms with van der Waals surface area (Å²) in [5.41, 5.74) is 1.58. The third-order valence-corrected chi connectivity index (χ3v) is 3.15. The van der Waals surface area contributed by atoms with E-state index >= 15 is 0 Å². The van der Waals surface area contributed by atoms with Gasteiger partial charge in [0.1, 0.15) is 5.78 Å². The summed E-state index contributed by atoms with van der Waals surface area (Å²) in [4.78, 5) is 16.1. The van der Waals surface area contributed by atoms with Gasteiger partial charge in [-0.3, -0.25) is 9.78 Å². The second-order valence-corrected chi connectivity index (χ2v) is 4.80. The van der Waals surface area contributed by atoms with Crippen molar-refractivity contribution in [1.29, 1.82) is 0 Å². The van der Waals surface area contributed by atoms with E-state index in [1.165, 1.54) is 0 Å². The highest BCUT2D eigenvalue weighted by atomic mass is 16.1. The maximum atomic E-state index is 11.8. The van der Waals surface area contributed by atoms with Crippen molar-refractivity contribution in [2.24, 2.45) is 0 Å². The first kappa shape index (κ1) is 15.9. The van der Waals surface area contributed by atoms with Crippen LogP contribution in [0.3, 0.4) is 0 Å². The van der Waals surface area contributed by atoms with Crippen molar-refractivity contribution in [2.45, 2.75) is 32.7 Å². The normalized spacial score (nSPS) is 12.0. The molecule has 0 aromatic carbocycles. The fraction of sp³-hybridized carbons (Fsp3) is 0.429. The zero-order valence-corrected chi connectivity index (χ0v) is 12.9. The van der Waals surface area contributed by atoms with E-state index in [9.17, 15) is 4.79 Å². The van der Waals surface area contributed by atoms with E-state index in [1.54, 1.807) is 26.2 Å².